The first kappa shape index (κ1) is 27.3. The van der Waals surface area contributed by atoms with Gasteiger partial charge in [-0.15, -0.1) is 0 Å². The molecule has 2 rings (SSSR count). The van der Waals surface area contributed by atoms with Crippen molar-refractivity contribution in [3.63, 3.8) is 0 Å². The van der Waals surface area contributed by atoms with Crippen LogP contribution in [-0.2, 0) is 28.9 Å². The number of nitrogens with one attached hydrogen (secondary N) is 1. The summed E-state index contributed by atoms with van der Waals surface area (Å²) in [6.45, 7) is 7.85. The lowest BCUT2D eigenvalue weighted by Gasteiger charge is -2.20. The Labute approximate surface area is 195 Å². The Hall–Kier alpha value is -2.93. The summed E-state index contributed by atoms with van der Waals surface area (Å²) < 4.78 is 52.9. The molecule has 0 spiro atoms. The van der Waals surface area contributed by atoms with Gasteiger partial charge in [0.2, 0.25) is 0 Å². The molecule has 0 saturated heterocycles. The first-order valence-corrected chi connectivity index (χ1v) is 14.2. The molecule has 0 aliphatic carbocycles. The van der Waals surface area contributed by atoms with Crippen molar-refractivity contribution in [2.75, 3.05) is 19.0 Å². The SMILES string of the molecule is COC(=O)c1ccn(C[C@H](C)Nc2cnn(COCC[Si](C)(C)C)c(=O)c2C(F)(F)F)c(=O)c1. The Morgan fingerprint density at radius 3 is 2.50 bits per heavy atom. The van der Waals surface area contributed by atoms with E-state index < -0.39 is 48.6 Å². The minimum atomic E-state index is -4.93. The molecule has 2 heterocycles. The van der Waals surface area contributed by atoms with Crippen molar-refractivity contribution in [3.8, 4) is 0 Å². The van der Waals surface area contributed by atoms with Crippen LogP contribution in [0, 0.1) is 0 Å². The summed E-state index contributed by atoms with van der Waals surface area (Å²) in [6, 6.07) is 2.55. The molecule has 0 aliphatic heterocycles. The van der Waals surface area contributed by atoms with Crippen LogP contribution in [0.1, 0.15) is 22.8 Å². The molecular formula is C21H29F3N4O5Si. The van der Waals surface area contributed by atoms with Crippen LogP contribution < -0.4 is 16.4 Å². The summed E-state index contributed by atoms with van der Waals surface area (Å²) in [5.74, 6) is -0.679. The molecule has 1 atom stereocenters. The molecule has 0 amide bonds. The zero-order chi connectivity index (χ0) is 25.7. The van der Waals surface area contributed by atoms with Crippen LogP contribution >= 0.6 is 0 Å². The second-order valence-electron chi connectivity index (χ2n) is 9.03. The van der Waals surface area contributed by atoms with E-state index in [0.717, 1.165) is 18.3 Å². The van der Waals surface area contributed by atoms with Gasteiger partial charge in [0.1, 0.15) is 12.3 Å². The lowest BCUT2D eigenvalue weighted by molar-refractivity contribution is -0.138. The lowest BCUT2D eigenvalue weighted by Crippen LogP contribution is -2.35. The molecule has 34 heavy (non-hydrogen) atoms. The van der Waals surface area contributed by atoms with E-state index in [2.05, 4.69) is 34.8 Å². The minimum Gasteiger partial charge on any atom is -0.465 e. The Morgan fingerprint density at radius 1 is 1.26 bits per heavy atom. The third kappa shape index (κ3) is 7.55. The summed E-state index contributed by atoms with van der Waals surface area (Å²) in [4.78, 5) is 36.3. The fourth-order valence-corrected chi connectivity index (χ4v) is 3.76. The molecule has 1 N–H and O–H groups in total. The lowest BCUT2D eigenvalue weighted by atomic mass is 10.2. The van der Waals surface area contributed by atoms with Gasteiger partial charge in [0.25, 0.3) is 11.1 Å². The van der Waals surface area contributed by atoms with Gasteiger partial charge in [-0.1, -0.05) is 19.6 Å². The van der Waals surface area contributed by atoms with Crippen molar-refractivity contribution in [1.82, 2.24) is 14.3 Å². The molecule has 2 aromatic heterocycles. The van der Waals surface area contributed by atoms with E-state index in [9.17, 15) is 27.6 Å². The second kappa shape index (κ2) is 11.0. The van der Waals surface area contributed by atoms with Crippen LogP contribution in [-0.4, -0.2) is 48.1 Å². The third-order valence-corrected chi connectivity index (χ3v) is 6.53. The van der Waals surface area contributed by atoms with Crippen LogP contribution in [0.3, 0.4) is 0 Å². The highest BCUT2D eigenvalue weighted by Gasteiger charge is 2.38. The number of anilines is 1. The van der Waals surface area contributed by atoms with E-state index in [1.165, 1.54) is 23.9 Å². The number of esters is 1. The molecule has 9 nitrogen and oxygen atoms in total. The number of hydrogen-bond donors (Lipinski definition) is 1. The van der Waals surface area contributed by atoms with Crippen LogP contribution in [0.15, 0.2) is 34.1 Å². The highest BCUT2D eigenvalue weighted by Crippen LogP contribution is 2.32. The van der Waals surface area contributed by atoms with Gasteiger partial charge in [0.15, 0.2) is 0 Å². The molecule has 0 radical (unpaired) electrons. The Kier molecular flexibility index (Phi) is 8.83. The summed E-state index contributed by atoms with van der Waals surface area (Å²) >= 11 is 0. The van der Waals surface area contributed by atoms with Gasteiger partial charge in [-0.25, -0.2) is 9.48 Å². The molecule has 13 heteroatoms. The van der Waals surface area contributed by atoms with Gasteiger partial charge in [0, 0.05) is 39.5 Å². The summed E-state index contributed by atoms with van der Waals surface area (Å²) in [7, 11) is -0.214. The number of halogens is 3. The van der Waals surface area contributed by atoms with Crippen molar-refractivity contribution >= 4 is 19.7 Å². The van der Waals surface area contributed by atoms with Crippen molar-refractivity contribution in [3.05, 3.63) is 56.4 Å². The monoisotopic (exact) mass is 502 g/mol. The molecule has 2 aromatic rings. The van der Waals surface area contributed by atoms with Crippen LogP contribution in [0.4, 0.5) is 18.9 Å². The van der Waals surface area contributed by atoms with Crippen molar-refractivity contribution in [1.29, 1.82) is 0 Å². The number of hydrogen-bond acceptors (Lipinski definition) is 7. The number of aromatic nitrogens is 3. The zero-order valence-corrected chi connectivity index (χ0v) is 20.7. The predicted octanol–water partition coefficient (Wildman–Crippen LogP) is 3.02. The van der Waals surface area contributed by atoms with E-state index in [1.54, 1.807) is 6.92 Å². The first-order chi connectivity index (χ1) is 15.7. The van der Waals surface area contributed by atoms with E-state index in [-0.39, 0.29) is 18.8 Å². The first-order valence-electron chi connectivity index (χ1n) is 10.5. The summed E-state index contributed by atoms with van der Waals surface area (Å²) in [6.07, 6.45) is -2.67. The molecule has 0 aliphatic rings. The molecule has 188 valence electrons. The number of alkyl halides is 3. The quantitative estimate of drug-likeness (QED) is 0.303. The highest BCUT2D eigenvalue weighted by molar-refractivity contribution is 6.76. The zero-order valence-electron chi connectivity index (χ0n) is 19.7. The molecule has 0 saturated carbocycles. The average molecular weight is 503 g/mol. The van der Waals surface area contributed by atoms with Gasteiger partial charge in [-0.05, 0) is 19.0 Å². The van der Waals surface area contributed by atoms with Crippen molar-refractivity contribution in [2.24, 2.45) is 0 Å². The van der Waals surface area contributed by atoms with Gasteiger partial charge >= 0.3 is 12.1 Å². The number of pyridine rings is 1. The van der Waals surface area contributed by atoms with Crippen LogP contribution in [0.2, 0.25) is 25.7 Å². The fraction of sp³-hybridized carbons (Fsp3) is 0.524. The second-order valence-corrected chi connectivity index (χ2v) is 14.6. The topological polar surface area (TPSA) is 104 Å². The van der Waals surface area contributed by atoms with E-state index in [0.29, 0.717) is 11.3 Å². The number of carbonyl (C=O) groups excluding carboxylic acids is 1. The molecule has 0 unspecified atom stereocenters. The molecule has 0 aromatic carbocycles. The van der Waals surface area contributed by atoms with Gasteiger partial charge in [0.05, 0.1) is 24.6 Å². The number of rotatable bonds is 10. The predicted molar refractivity (Wildman–Crippen MR) is 123 cm³/mol. The summed E-state index contributed by atoms with van der Waals surface area (Å²) in [5, 5.41) is 6.43. The standard InChI is InChI=1S/C21H29F3N4O5Si/c1-14(12-27-7-6-15(10-17(27)29)20(31)32-2)26-16-11-25-28(13-33-8-9-34(3,4)5)19(30)18(16)21(22,23)24/h6-7,10-11,14,26H,8-9,12-13H2,1-5H3/t14-/m0/s1. The Balaban J connectivity index is 2.20. The van der Waals surface area contributed by atoms with Crippen molar-refractivity contribution < 1.29 is 27.4 Å². The van der Waals surface area contributed by atoms with Gasteiger partial charge in [-0.2, -0.15) is 18.3 Å². The fourth-order valence-electron chi connectivity index (χ4n) is 3.00. The Morgan fingerprint density at radius 2 is 1.94 bits per heavy atom. The molecule has 0 bridgehead atoms. The maximum Gasteiger partial charge on any atom is 0.423 e. The average Bonchev–Trinajstić information content (AvgIpc) is 2.71. The van der Waals surface area contributed by atoms with Gasteiger partial charge in [-0.3, -0.25) is 9.59 Å². The van der Waals surface area contributed by atoms with Crippen LogP contribution in [0.5, 0.6) is 0 Å². The third-order valence-electron chi connectivity index (χ3n) is 4.83. The normalized spacial score (nSPS) is 12.9. The smallest absolute Gasteiger partial charge is 0.423 e. The number of methoxy groups -OCH3 is 1. The number of carbonyl (C=O) groups is 1. The number of ether oxygens (including phenoxy) is 2. The maximum atomic E-state index is 13.7. The maximum absolute atomic E-state index is 13.7. The highest BCUT2D eigenvalue weighted by atomic mass is 28.3. The molecule has 0 fully saturated rings. The largest absolute Gasteiger partial charge is 0.465 e. The van der Waals surface area contributed by atoms with E-state index >= 15 is 0 Å². The van der Waals surface area contributed by atoms with Crippen LogP contribution in [0.25, 0.3) is 0 Å². The minimum absolute atomic E-state index is 0.0273. The number of nitrogens with zero attached hydrogens (tertiary/aromatic N) is 3. The van der Waals surface area contributed by atoms with E-state index in [1.807, 2.05) is 0 Å². The molecular weight excluding hydrogens is 473 g/mol. The summed E-state index contributed by atoms with van der Waals surface area (Å²) in [5.41, 5.74) is -3.68. The van der Waals surface area contributed by atoms with Crippen molar-refractivity contribution in [2.45, 2.75) is 58.1 Å². The Bertz CT molecular complexity index is 1130. The van der Waals surface area contributed by atoms with Gasteiger partial charge < -0.3 is 19.4 Å². The van der Waals surface area contributed by atoms with E-state index in [4.69, 9.17) is 4.74 Å².